The highest BCUT2D eigenvalue weighted by molar-refractivity contribution is 5.26. The van der Waals surface area contributed by atoms with E-state index in [0.717, 1.165) is 52.0 Å². The highest BCUT2D eigenvalue weighted by Gasteiger charge is 2.44. The maximum atomic E-state index is 14.2. The highest BCUT2D eigenvalue weighted by atomic mass is 19.1. The molecule has 4 heteroatoms. The molecule has 2 fully saturated rings. The van der Waals surface area contributed by atoms with Crippen LogP contribution in [0.25, 0.3) is 0 Å². The summed E-state index contributed by atoms with van der Waals surface area (Å²) in [5.41, 5.74) is -0.0374. The fraction of sp³-hybridized carbons (Fsp3) is 0.647. The lowest BCUT2D eigenvalue weighted by molar-refractivity contribution is -0.0673. The molecule has 21 heavy (non-hydrogen) atoms. The number of aliphatic hydroxyl groups is 1. The van der Waals surface area contributed by atoms with E-state index in [4.69, 9.17) is 0 Å². The zero-order valence-corrected chi connectivity index (χ0v) is 12.8. The lowest BCUT2D eigenvalue weighted by Crippen LogP contribution is -2.51. The van der Waals surface area contributed by atoms with Crippen molar-refractivity contribution in [3.05, 3.63) is 35.6 Å². The molecular weight excluding hydrogens is 267 g/mol. The smallest absolute Gasteiger partial charge is 0.126 e. The van der Waals surface area contributed by atoms with Gasteiger partial charge in [0.1, 0.15) is 5.82 Å². The van der Waals surface area contributed by atoms with Gasteiger partial charge in [-0.3, -0.25) is 0 Å². The van der Waals surface area contributed by atoms with Gasteiger partial charge < -0.3 is 14.9 Å². The Hall–Kier alpha value is -0.970. The first kappa shape index (κ1) is 14.9. The van der Waals surface area contributed by atoms with Gasteiger partial charge in [0.25, 0.3) is 0 Å². The fourth-order valence-corrected chi connectivity index (χ4v) is 3.49. The average molecular weight is 292 g/mol. The number of piperazine rings is 1. The number of hydrogen-bond donors (Lipinski definition) is 1. The molecule has 0 aromatic heterocycles. The monoisotopic (exact) mass is 292 g/mol. The summed E-state index contributed by atoms with van der Waals surface area (Å²) in [7, 11) is 2.13. The Kier molecular flexibility index (Phi) is 4.29. The lowest BCUT2D eigenvalue weighted by Gasteiger charge is -2.46. The Morgan fingerprint density at radius 3 is 2.43 bits per heavy atom. The number of nitrogens with zero attached hydrogens (tertiary/aromatic N) is 2. The third kappa shape index (κ3) is 3.12. The highest BCUT2D eigenvalue weighted by Crippen LogP contribution is 2.44. The van der Waals surface area contributed by atoms with Gasteiger partial charge in [-0.1, -0.05) is 18.2 Å². The fourth-order valence-electron chi connectivity index (χ4n) is 3.49. The van der Waals surface area contributed by atoms with E-state index in [1.807, 2.05) is 12.1 Å². The molecule has 1 saturated carbocycles. The predicted octanol–water partition coefficient (Wildman–Crippen LogP) is 2.07. The summed E-state index contributed by atoms with van der Waals surface area (Å²) < 4.78 is 14.2. The summed E-state index contributed by atoms with van der Waals surface area (Å²) in [6.07, 6.45) is 2.63. The lowest BCUT2D eigenvalue weighted by atomic mass is 9.68. The third-order valence-corrected chi connectivity index (χ3v) is 5.19. The van der Waals surface area contributed by atoms with Gasteiger partial charge in [-0.15, -0.1) is 0 Å². The van der Waals surface area contributed by atoms with Gasteiger partial charge in [-0.05, 0) is 37.9 Å². The van der Waals surface area contributed by atoms with Gasteiger partial charge in [-0.2, -0.15) is 0 Å². The second-order valence-electron chi connectivity index (χ2n) is 6.64. The quantitative estimate of drug-likeness (QED) is 0.920. The van der Waals surface area contributed by atoms with Gasteiger partial charge in [0.2, 0.25) is 0 Å². The Balaban J connectivity index is 1.79. The largest absolute Gasteiger partial charge is 0.389 e. The first-order valence-electron chi connectivity index (χ1n) is 7.96. The number of rotatable bonds is 4. The molecule has 1 unspecified atom stereocenters. The summed E-state index contributed by atoms with van der Waals surface area (Å²) in [5.74, 6) is -0.298. The molecule has 1 saturated heterocycles. The third-order valence-electron chi connectivity index (χ3n) is 5.19. The average Bonchev–Trinajstić information content (AvgIpc) is 2.45. The molecule has 1 N–H and O–H groups in total. The zero-order valence-electron chi connectivity index (χ0n) is 12.8. The molecular formula is C17H25FN2O. The van der Waals surface area contributed by atoms with Crippen molar-refractivity contribution >= 4 is 0 Å². The van der Waals surface area contributed by atoms with Crippen molar-refractivity contribution in [2.24, 2.45) is 0 Å². The Morgan fingerprint density at radius 2 is 1.86 bits per heavy atom. The van der Waals surface area contributed by atoms with Crippen LogP contribution >= 0.6 is 0 Å². The second-order valence-corrected chi connectivity index (χ2v) is 6.64. The van der Waals surface area contributed by atoms with E-state index in [1.165, 1.54) is 6.07 Å². The SMILES string of the molecule is CN1CCN(CC(c2ccccc2F)C2(O)CCC2)CC1. The summed E-state index contributed by atoms with van der Waals surface area (Å²) in [5, 5.41) is 10.8. The van der Waals surface area contributed by atoms with Crippen molar-refractivity contribution < 1.29 is 9.50 Å². The molecule has 1 aliphatic carbocycles. The molecule has 1 aromatic carbocycles. The normalized spacial score (nSPS) is 24.5. The van der Waals surface area contributed by atoms with Gasteiger partial charge in [0, 0.05) is 38.6 Å². The topological polar surface area (TPSA) is 26.7 Å². The van der Waals surface area contributed by atoms with E-state index in [0.29, 0.717) is 5.56 Å². The Morgan fingerprint density at radius 1 is 1.19 bits per heavy atom. The van der Waals surface area contributed by atoms with Crippen LogP contribution < -0.4 is 0 Å². The van der Waals surface area contributed by atoms with Crippen LogP contribution in [0.15, 0.2) is 24.3 Å². The number of halogens is 1. The van der Waals surface area contributed by atoms with Crippen LogP contribution in [0.2, 0.25) is 0 Å². The zero-order chi connectivity index (χ0) is 14.9. The Labute approximate surface area is 126 Å². The van der Waals surface area contributed by atoms with Crippen molar-refractivity contribution in [3.8, 4) is 0 Å². The first-order chi connectivity index (χ1) is 10.1. The van der Waals surface area contributed by atoms with Crippen LogP contribution in [0, 0.1) is 5.82 Å². The summed E-state index contributed by atoms with van der Waals surface area (Å²) >= 11 is 0. The van der Waals surface area contributed by atoms with Crippen molar-refractivity contribution in [2.45, 2.75) is 30.8 Å². The Bertz CT molecular complexity index is 481. The molecule has 2 aliphatic rings. The molecule has 1 aromatic rings. The van der Waals surface area contributed by atoms with Crippen LogP contribution in [0.4, 0.5) is 4.39 Å². The molecule has 1 atom stereocenters. The molecule has 1 heterocycles. The van der Waals surface area contributed by atoms with Crippen LogP contribution in [0.5, 0.6) is 0 Å². The van der Waals surface area contributed by atoms with E-state index < -0.39 is 5.60 Å². The minimum absolute atomic E-state index is 0.115. The van der Waals surface area contributed by atoms with Crippen molar-refractivity contribution in [2.75, 3.05) is 39.8 Å². The molecule has 3 nitrogen and oxygen atoms in total. The summed E-state index contributed by atoms with van der Waals surface area (Å²) in [6.45, 7) is 4.84. The van der Waals surface area contributed by atoms with E-state index in [-0.39, 0.29) is 11.7 Å². The first-order valence-corrected chi connectivity index (χ1v) is 7.96. The second kappa shape index (κ2) is 6.03. The van der Waals surface area contributed by atoms with Crippen LogP contribution in [-0.4, -0.2) is 60.3 Å². The molecule has 0 bridgehead atoms. The van der Waals surface area contributed by atoms with Gasteiger partial charge in [0.05, 0.1) is 5.60 Å². The van der Waals surface area contributed by atoms with Gasteiger partial charge >= 0.3 is 0 Å². The van der Waals surface area contributed by atoms with Crippen molar-refractivity contribution in [1.29, 1.82) is 0 Å². The number of benzene rings is 1. The molecule has 0 amide bonds. The van der Waals surface area contributed by atoms with Crippen molar-refractivity contribution in [1.82, 2.24) is 9.80 Å². The van der Waals surface area contributed by atoms with Gasteiger partial charge in [-0.25, -0.2) is 4.39 Å². The van der Waals surface area contributed by atoms with E-state index in [2.05, 4.69) is 16.8 Å². The van der Waals surface area contributed by atoms with Crippen LogP contribution in [-0.2, 0) is 0 Å². The minimum atomic E-state index is -0.717. The van der Waals surface area contributed by atoms with Crippen molar-refractivity contribution in [3.63, 3.8) is 0 Å². The number of likely N-dealkylation sites (N-methyl/N-ethyl adjacent to an activating group) is 1. The summed E-state index contributed by atoms with van der Waals surface area (Å²) in [4.78, 5) is 4.68. The minimum Gasteiger partial charge on any atom is -0.389 e. The standard InChI is InChI=1S/C17H25FN2O/c1-19-9-11-20(12-10-19)13-15(17(21)7-4-8-17)14-5-2-3-6-16(14)18/h2-3,5-6,15,21H,4,7-13H2,1H3. The molecule has 1 aliphatic heterocycles. The number of hydrogen-bond acceptors (Lipinski definition) is 3. The van der Waals surface area contributed by atoms with E-state index >= 15 is 0 Å². The predicted molar refractivity (Wildman–Crippen MR) is 81.9 cm³/mol. The molecule has 116 valence electrons. The maximum Gasteiger partial charge on any atom is 0.126 e. The summed E-state index contributed by atoms with van der Waals surface area (Å²) in [6, 6.07) is 6.94. The molecule has 0 spiro atoms. The van der Waals surface area contributed by atoms with E-state index in [1.54, 1.807) is 6.07 Å². The van der Waals surface area contributed by atoms with E-state index in [9.17, 15) is 9.50 Å². The van der Waals surface area contributed by atoms with Crippen LogP contribution in [0.1, 0.15) is 30.7 Å². The van der Waals surface area contributed by atoms with Crippen LogP contribution in [0.3, 0.4) is 0 Å². The maximum absolute atomic E-state index is 14.2. The van der Waals surface area contributed by atoms with Gasteiger partial charge in [0.15, 0.2) is 0 Å². The molecule has 0 radical (unpaired) electrons. The molecule has 3 rings (SSSR count).